The second kappa shape index (κ2) is 7.21. The minimum absolute atomic E-state index is 0.0947. The Bertz CT molecular complexity index is 1020. The van der Waals surface area contributed by atoms with Crippen LogP contribution in [-0.2, 0) is 9.84 Å². The molecule has 0 saturated carbocycles. The van der Waals surface area contributed by atoms with Crippen LogP contribution < -0.4 is 5.32 Å². The fourth-order valence-corrected chi connectivity index (χ4v) is 3.19. The van der Waals surface area contributed by atoms with Crippen molar-refractivity contribution in [2.24, 2.45) is 0 Å². The molecule has 1 aromatic heterocycles. The Morgan fingerprint density at radius 2 is 1.81 bits per heavy atom. The van der Waals surface area contributed by atoms with Gasteiger partial charge in [0.15, 0.2) is 9.84 Å². The summed E-state index contributed by atoms with van der Waals surface area (Å²) in [7, 11) is -3.51. The molecule has 4 nitrogen and oxygen atoms in total. The zero-order chi connectivity index (χ0) is 18.7. The van der Waals surface area contributed by atoms with Gasteiger partial charge in [0, 0.05) is 12.5 Å². The van der Waals surface area contributed by atoms with Gasteiger partial charge in [-0.2, -0.15) is 0 Å². The Morgan fingerprint density at radius 3 is 2.42 bits per heavy atom. The third-order valence-electron chi connectivity index (χ3n) is 3.83. The fourth-order valence-electron chi connectivity index (χ4n) is 2.56. The summed E-state index contributed by atoms with van der Waals surface area (Å²) in [6, 6.07) is 14.2. The molecule has 1 atom stereocenters. The van der Waals surface area contributed by atoms with E-state index in [4.69, 9.17) is 0 Å². The molecule has 1 N–H and O–H groups in total. The van der Waals surface area contributed by atoms with Gasteiger partial charge in [0.05, 0.1) is 22.3 Å². The molecule has 0 aliphatic carbocycles. The van der Waals surface area contributed by atoms with Crippen LogP contribution in [0.25, 0.3) is 0 Å². The molecule has 0 aliphatic rings. The number of aromatic nitrogens is 1. The van der Waals surface area contributed by atoms with Crippen molar-refractivity contribution in [3.05, 3.63) is 89.8 Å². The van der Waals surface area contributed by atoms with Crippen LogP contribution in [0, 0.1) is 11.6 Å². The predicted molar refractivity (Wildman–Crippen MR) is 95.6 cm³/mol. The maximum atomic E-state index is 14.4. The molecule has 2 aromatic carbocycles. The Kier molecular flexibility index (Phi) is 4.99. The van der Waals surface area contributed by atoms with Gasteiger partial charge in [-0.1, -0.05) is 18.2 Å². The number of pyridine rings is 1. The van der Waals surface area contributed by atoms with Crippen molar-refractivity contribution in [3.63, 3.8) is 0 Å². The molecule has 0 amide bonds. The summed E-state index contributed by atoms with van der Waals surface area (Å²) < 4.78 is 51.2. The van der Waals surface area contributed by atoms with Crippen molar-refractivity contribution in [3.8, 4) is 0 Å². The molecule has 3 rings (SSSR count). The Balaban J connectivity index is 2.02. The van der Waals surface area contributed by atoms with Gasteiger partial charge in [-0.3, -0.25) is 4.98 Å². The number of rotatable bonds is 5. The summed E-state index contributed by atoms with van der Waals surface area (Å²) >= 11 is 0. The second-order valence-electron chi connectivity index (χ2n) is 5.80. The number of hydrogen-bond donors (Lipinski definition) is 1. The minimum atomic E-state index is -3.51. The van der Waals surface area contributed by atoms with E-state index in [2.05, 4.69) is 10.3 Å². The normalized spacial score (nSPS) is 12.6. The van der Waals surface area contributed by atoms with E-state index in [9.17, 15) is 17.2 Å². The van der Waals surface area contributed by atoms with Crippen molar-refractivity contribution >= 4 is 15.5 Å². The van der Waals surface area contributed by atoms with Gasteiger partial charge in [0.25, 0.3) is 0 Å². The summed E-state index contributed by atoms with van der Waals surface area (Å²) in [6.45, 7) is 0. The molecule has 3 aromatic rings. The number of nitrogens with zero attached hydrogens (tertiary/aromatic N) is 1. The molecule has 0 saturated heterocycles. The molecule has 7 heteroatoms. The van der Waals surface area contributed by atoms with Crippen LogP contribution in [0.15, 0.2) is 71.8 Å². The lowest BCUT2D eigenvalue weighted by Gasteiger charge is -2.20. The predicted octanol–water partition coefficient (Wildman–Crippen LogP) is 3.96. The van der Waals surface area contributed by atoms with Gasteiger partial charge in [-0.05, 0) is 48.0 Å². The SMILES string of the molecule is CS(=O)(=O)c1ccc(NC(c2cccc(F)c2)c2ccccn2)c(F)c1. The molecule has 0 aliphatic heterocycles. The van der Waals surface area contributed by atoms with Crippen molar-refractivity contribution in [2.45, 2.75) is 10.9 Å². The quantitative estimate of drug-likeness (QED) is 0.734. The first kappa shape index (κ1) is 18.0. The van der Waals surface area contributed by atoms with Crippen LogP contribution in [-0.4, -0.2) is 19.7 Å². The average Bonchev–Trinajstić information content (AvgIpc) is 2.60. The van der Waals surface area contributed by atoms with Crippen molar-refractivity contribution < 1.29 is 17.2 Å². The average molecular weight is 374 g/mol. The molecule has 0 bridgehead atoms. The maximum Gasteiger partial charge on any atom is 0.175 e. The largest absolute Gasteiger partial charge is 0.370 e. The van der Waals surface area contributed by atoms with Gasteiger partial charge in [0.1, 0.15) is 11.6 Å². The van der Waals surface area contributed by atoms with Gasteiger partial charge in [-0.15, -0.1) is 0 Å². The third-order valence-corrected chi connectivity index (χ3v) is 4.94. The van der Waals surface area contributed by atoms with E-state index >= 15 is 0 Å². The standard InChI is InChI=1S/C19H16F2N2O2S/c1-26(24,25)15-8-9-17(16(21)12-15)23-19(18-7-2-3-10-22-18)13-5-4-6-14(20)11-13/h2-12,19,23H,1H3. The first-order valence-corrected chi connectivity index (χ1v) is 9.66. The molecule has 1 unspecified atom stereocenters. The van der Waals surface area contributed by atoms with Gasteiger partial charge >= 0.3 is 0 Å². The van der Waals surface area contributed by atoms with Crippen LogP contribution in [0.4, 0.5) is 14.5 Å². The zero-order valence-electron chi connectivity index (χ0n) is 13.9. The fraction of sp³-hybridized carbons (Fsp3) is 0.105. The summed E-state index contributed by atoms with van der Waals surface area (Å²) in [5.74, 6) is -1.14. The highest BCUT2D eigenvalue weighted by atomic mass is 32.2. The summed E-state index contributed by atoms with van der Waals surface area (Å²) in [4.78, 5) is 4.15. The highest BCUT2D eigenvalue weighted by molar-refractivity contribution is 7.90. The van der Waals surface area contributed by atoms with Gasteiger partial charge < -0.3 is 5.32 Å². The molecule has 0 radical (unpaired) electrons. The lowest BCUT2D eigenvalue weighted by atomic mass is 10.0. The van der Waals surface area contributed by atoms with E-state index in [-0.39, 0.29) is 10.6 Å². The van der Waals surface area contributed by atoms with Gasteiger partial charge in [0.2, 0.25) is 0 Å². The van der Waals surface area contributed by atoms with Gasteiger partial charge in [-0.25, -0.2) is 17.2 Å². The molecular weight excluding hydrogens is 358 g/mol. The lowest BCUT2D eigenvalue weighted by Crippen LogP contribution is -2.15. The van der Waals surface area contributed by atoms with Crippen LogP contribution in [0.5, 0.6) is 0 Å². The molecule has 134 valence electrons. The van der Waals surface area contributed by atoms with Crippen molar-refractivity contribution in [1.82, 2.24) is 4.98 Å². The lowest BCUT2D eigenvalue weighted by molar-refractivity contribution is 0.596. The smallest absolute Gasteiger partial charge is 0.175 e. The molecular formula is C19H16F2N2O2S. The van der Waals surface area contributed by atoms with E-state index < -0.39 is 27.5 Å². The summed E-state index contributed by atoms with van der Waals surface area (Å²) in [6.07, 6.45) is 2.60. The topological polar surface area (TPSA) is 59.1 Å². The van der Waals surface area contributed by atoms with Crippen LogP contribution in [0.3, 0.4) is 0 Å². The molecule has 0 spiro atoms. The Labute approximate surface area is 150 Å². The Morgan fingerprint density at radius 1 is 1.00 bits per heavy atom. The number of halogens is 2. The first-order chi connectivity index (χ1) is 12.3. The van der Waals surface area contributed by atoms with E-state index in [1.54, 1.807) is 36.5 Å². The monoisotopic (exact) mass is 374 g/mol. The van der Waals surface area contributed by atoms with Crippen LogP contribution in [0.2, 0.25) is 0 Å². The third kappa shape index (κ3) is 4.05. The van der Waals surface area contributed by atoms with Crippen molar-refractivity contribution in [1.29, 1.82) is 0 Å². The Hall–Kier alpha value is -2.80. The maximum absolute atomic E-state index is 14.4. The highest BCUT2D eigenvalue weighted by Crippen LogP contribution is 2.28. The number of nitrogens with one attached hydrogen (secondary N) is 1. The van der Waals surface area contributed by atoms with E-state index in [0.717, 1.165) is 12.3 Å². The minimum Gasteiger partial charge on any atom is -0.370 e. The first-order valence-electron chi connectivity index (χ1n) is 7.77. The summed E-state index contributed by atoms with van der Waals surface area (Å²) in [5.41, 5.74) is 1.23. The van der Waals surface area contributed by atoms with E-state index in [0.29, 0.717) is 11.3 Å². The molecule has 0 fully saturated rings. The van der Waals surface area contributed by atoms with Crippen molar-refractivity contribution in [2.75, 3.05) is 11.6 Å². The summed E-state index contributed by atoms with van der Waals surface area (Å²) in [5, 5.41) is 2.99. The molecule has 26 heavy (non-hydrogen) atoms. The molecule has 1 heterocycles. The second-order valence-corrected chi connectivity index (χ2v) is 7.82. The highest BCUT2D eigenvalue weighted by Gasteiger charge is 2.19. The van der Waals surface area contributed by atoms with E-state index in [1.165, 1.54) is 24.3 Å². The number of sulfone groups is 1. The van der Waals surface area contributed by atoms with Crippen LogP contribution >= 0.6 is 0 Å². The number of anilines is 1. The number of benzene rings is 2. The van der Waals surface area contributed by atoms with Crippen LogP contribution in [0.1, 0.15) is 17.3 Å². The number of hydrogen-bond acceptors (Lipinski definition) is 4. The zero-order valence-corrected chi connectivity index (χ0v) is 14.7. The van der Waals surface area contributed by atoms with E-state index in [1.807, 2.05) is 0 Å².